The maximum Gasteiger partial charge on any atom is 0.261 e. The second-order valence-electron chi connectivity index (χ2n) is 5.19. The highest BCUT2D eigenvalue weighted by molar-refractivity contribution is 6.01. The van der Waals surface area contributed by atoms with Crippen LogP contribution in [0.2, 0.25) is 0 Å². The average Bonchev–Trinajstić information content (AvgIpc) is 2.49. The van der Waals surface area contributed by atoms with E-state index in [4.69, 9.17) is 10.00 Å². The summed E-state index contributed by atoms with van der Waals surface area (Å²) in [6.45, 7) is 7.29. The van der Waals surface area contributed by atoms with E-state index in [9.17, 15) is 4.79 Å². The van der Waals surface area contributed by atoms with E-state index in [1.54, 1.807) is 6.08 Å². The first-order valence-corrected chi connectivity index (χ1v) is 7.19. The monoisotopic (exact) mass is 286 g/mol. The zero-order valence-electron chi connectivity index (χ0n) is 12.8. The van der Waals surface area contributed by atoms with E-state index in [1.807, 2.05) is 51.1 Å². The molecule has 1 rings (SSSR count). The Hall–Kier alpha value is -2.28. The number of nitrogens with one attached hydrogen (secondary N) is 1. The topological polar surface area (TPSA) is 62.1 Å². The van der Waals surface area contributed by atoms with Crippen molar-refractivity contribution >= 4 is 12.0 Å². The van der Waals surface area contributed by atoms with Gasteiger partial charge in [0.1, 0.15) is 17.4 Å². The van der Waals surface area contributed by atoms with E-state index in [-0.39, 0.29) is 11.5 Å². The average molecular weight is 286 g/mol. The number of hydrogen-bond donors (Lipinski definition) is 1. The van der Waals surface area contributed by atoms with Gasteiger partial charge in [-0.2, -0.15) is 5.26 Å². The molecule has 4 nitrogen and oxygen atoms in total. The molecule has 1 N–H and O–H groups in total. The molecule has 0 saturated carbocycles. The Morgan fingerprint density at radius 1 is 1.38 bits per heavy atom. The van der Waals surface area contributed by atoms with Gasteiger partial charge in [-0.05, 0) is 36.1 Å². The Bertz CT molecular complexity index is 525. The van der Waals surface area contributed by atoms with Gasteiger partial charge in [0.05, 0.1) is 6.61 Å². The third-order valence-corrected chi connectivity index (χ3v) is 2.70. The van der Waals surface area contributed by atoms with Gasteiger partial charge >= 0.3 is 0 Å². The molecule has 112 valence electrons. The lowest BCUT2D eigenvalue weighted by Gasteiger charge is -2.07. The van der Waals surface area contributed by atoms with Gasteiger partial charge in [-0.3, -0.25) is 4.79 Å². The first-order valence-electron chi connectivity index (χ1n) is 7.19. The van der Waals surface area contributed by atoms with Crippen molar-refractivity contribution in [1.29, 1.82) is 5.26 Å². The molecule has 0 aromatic heterocycles. The number of benzene rings is 1. The Morgan fingerprint density at radius 3 is 2.57 bits per heavy atom. The Kier molecular flexibility index (Phi) is 7.03. The summed E-state index contributed by atoms with van der Waals surface area (Å²) in [5.74, 6) is 0.804. The fraction of sp³-hybridized carbons (Fsp3) is 0.412. The van der Waals surface area contributed by atoms with E-state index in [1.165, 1.54) is 0 Å². The molecule has 0 saturated heterocycles. The fourth-order valence-corrected chi connectivity index (χ4v) is 1.59. The molecule has 0 aliphatic rings. The molecular weight excluding hydrogens is 264 g/mol. The molecule has 1 aromatic rings. The van der Waals surface area contributed by atoms with E-state index < -0.39 is 0 Å². The zero-order valence-corrected chi connectivity index (χ0v) is 12.8. The van der Waals surface area contributed by atoms with Crippen LogP contribution in [0.5, 0.6) is 5.75 Å². The third-order valence-electron chi connectivity index (χ3n) is 2.70. The lowest BCUT2D eigenvalue weighted by Crippen LogP contribution is -2.28. The summed E-state index contributed by atoms with van der Waals surface area (Å²) in [6, 6.07) is 9.28. The van der Waals surface area contributed by atoms with Crippen LogP contribution in [-0.2, 0) is 4.79 Å². The summed E-state index contributed by atoms with van der Waals surface area (Å²) < 4.78 is 5.49. The van der Waals surface area contributed by atoms with Crippen LogP contribution >= 0.6 is 0 Å². The summed E-state index contributed by atoms with van der Waals surface area (Å²) in [5.41, 5.74) is 0.910. The van der Waals surface area contributed by atoms with Crippen molar-refractivity contribution in [3.05, 3.63) is 35.4 Å². The molecule has 0 bridgehead atoms. The number of amides is 1. The highest BCUT2D eigenvalue weighted by atomic mass is 16.5. The van der Waals surface area contributed by atoms with Crippen LogP contribution < -0.4 is 10.1 Å². The van der Waals surface area contributed by atoms with E-state index in [0.717, 1.165) is 17.7 Å². The van der Waals surface area contributed by atoms with Gasteiger partial charge in [-0.15, -0.1) is 0 Å². The van der Waals surface area contributed by atoms with Gasteiger partial charge in [0.15, 0.2) is 0 Å². The zero-order chi connectivity index (χ0) is 15.7. The van der Waals surface area contributed by atoms with Gasteiger partial charge in [-0.1, -0.05) is 32.9 Å². The first-order chi connectivity index (χ1) is 10.1. The number of rotatable bonds is 7. The Labute approximate surface area is 126 Å². The number of carbonyl (C=O) groups is 1. The van der Waals surface area contributed by atoms with Gasteiger partial charge in [0.2, 0.25) is 0 Å². The Morgan fingerprint density at radius 2 is 2.05 bits per heavy atom. The fourth-order valence-electron chi connectivity index (χ4n) is 1.59. The molecule has 0 heterocycles. The highest BCUT2D eigenvalue weighted by Crippen LogP contribution is 2.14. The maximum absolute atomic E-state index is 11.9. The number of nitrogens with zero attached hydrogens (tertiary/aromatic N) is 1. The van der Waals surface area contributed by atoms with Crippen molar-refractivity contribution in [3.8, 4) is 11.8 Å². The molecular formula is C17H22N2O2. The molecule has 1 aromatic carbocycles. The number of carbonyl (C=O) groups excluding carboxylic acids is 1. The van der Waals surface area contributed by atoms with Crippen LogP contribution in [0.1, 0.15) is 32.8 Å². The molecule has 0 spiro atoms. The van der Waals surface area contributed by atoms with Gasteiger partial charge in [-0.25, -0.2) is 0 Å². The normalized spacial score (nSPS) is 11.1. The molecule has 0 radical (unpaired) electrons. The largest absolute Gasteiger partial charge is 0.494 e. The minimum atomic E-state index is -0.336. The first kappa shape index (κ1) is 16.8. The summed E-state index contributed by atoms with van der Waals surface area (Å²) in [4.78, 5) is 11.9. The van der Waals surface area contributed by atoms with Crippen molar-refractivity contribution in [2.75, 3.05) is 13.2 Å². The van der Waals surface area contributed by atoms with Crippen molar-refractivity contribution in [2.24, 2.45) is 5.92 Å². The second kappa shape index (κ2) is 8.80. The number of ether oxygens (including phenoxy) is 1. The SMILES string of the molecule is CCCOc1ccc(/C=C(\C#N)C(=O)NCC(C)C)cc1. The predicted octanol–water partition coefficient (Wildman–Crippen LogP) is 3.15. The second-order valence-corrected chi connectivity index (χ2v) is 5.19. The third kappa shape index (κ3) is 6.13. The summed E-state index contributed by atoms with van der Waals surface area (Å²) in [6.07, 6.45) is 2.54. The number of nitriles is 1. The van der Waals surface area contributed by atoms with Gasteiger partial charge < -0.3 is 10.1 Å². The van der Waals surface area contributed by atoms with Gasteiger partial charge in [0.25, 0.3) is 5.91 Å². The van der Waals surface area contributed by atoms with Crippen LogP contribution in [-0.4, -0.2) is 19.1 Å². The molecule has 0 aliphatic heterocycles. The minimum absolute atomic E-state index is 0.109. The predicted molar refractivity (Wildman–Crippen MR) is 83.7 cm³/mol. The van der Waals surface area contributed by atoms with E-state index in [0.29, 0.717) is 19.1 Å². The van der Waals surface area contributed by atoms with Crippen LogP contribution in [0.4, 0.5) is 0 Å². The summed E-state index contributed by atoms with van der Waals surface area (Å²) in [5, 5.41) is 11.8. The van der Waals surface area contributed by atoms with Crippen LogP contribution in [0, 0.1) is 17.2 Å². The lowest BCUT2D eigenvalue weighted by atomic mass is 10.1. The molecule has 1 amide bonds. The smallest absolute Gasteiger partial charge is 0.261 e. The summed E-state index contributed by atoms with van der Waals surface area (Å²) in [7, 11) is 0. The van der Waals surface area contributed by atoms with Crippen molar-refractivity contribution in [2.45, 2.75) is 27.2 Å². The highest BCUT2D eigenvalue weighted by Gasteiger charge is 2.09. The van der Waals surface area contributed by atoms with E-state index >= 15 is 0 Å². The Balaban J connectivity index is 2.74. The molecule has 21 heavy (non-hydrogen) atoms. The van der Waals surface area contributed by atoms with Crippen LogP contribution in [0.15, 0.2) is 29.8 Å². The molecule has 4 heteroatoms. The summed E-state index contributed by atoms with van der Waals surface area (Å²) >= 11 is 0. The van der Waals surface area contributed by atoms with Crippen LogP contribution in [0.3, 0.4) is 0 Å². The van der Waals surface area contributed by atoms with Crippen molar-refractivity contribution < 1.29 is 9.53 Å². The quantitative estimate of drug-likeness (QED) is 0.618. The van der Waals surface area contributed by atoms with Crippen LogP contribution in [0.25, 0.3) is 6.08 Å². The molecule has 0 aliphatic carbocycles. The lowest BCUT2D eigenvalue weighted by molar-refractivity contribution is -0.117. The minimum Gasteiger partial charge on any atom is -0.494 e. The maximum atomic E-state index is 11.9. The number of hydrogen-bond acceptors (Lipinski definition) is 3. The molecule has 0 atom stereocenters. The molecule has 0 unspecified atom stereocenters. The van der Waals surface area contributed by atoms with Gasteiger partial charge in [0, 0.05) is 6.54 Å². The van der Waals surface area contributed by atoms with Crippen molar-refractivity contribution in [1.82, 2.24) is 5.32 Å². The van der Waals surface area contributed by atoms with Crippen molar-refractivity contribution in [3.63, 3.8) is 0 Å². The molecule has 0 fully saturated rings. The van der Waals surface area contributed by atoms with E-state index in [2.05, 4.69) is 5.32 Å². The standard InChI is InChI=1S/C17H22N2O2/c1-4-9-21-16-7-5-14(6-8-16)10-15(11-18)17(20)19-12-13(2)3/h5-8,10,13H,4,9,12H2,1-3H3,(H,19,20)/b15-10+.